The van der Waals surface area contributed by atoms with Crippen molar-refractivity contribution in [2.45, 2.75) is 20.0 Å². The number of hydrogen-bond donors (Lipinski definition) is 1. The van der Waals surface area contributed by atoms with E-state index in [1.54, 1.807) is 18.2 Å². The second kappa shape index (κ2) is 11.7. The molecule has 7 nitrogen and oxygen atoms in total. The Hall–Kier alpha value is -3.52. The number of anilines is 1. The minimum absolute atomic E-state index is 0.161. The van der Waals surface area contributed by atoms with Gasteiger partial charge in [-0.25, -0.2) is 0 Å². The van der Waals surface area contributed by atoms with Gasteiger partial charge in [0.05, 0.1) is 25.4 Å². The van der Waals surface area contributed by atoms with Crippen molar-refractivity contribution >= 4 is 34.1 Å². The second-order valence-corrected chi connectivity index (χ2v) is 9.30. The first-order valence-electron chi connectivity index (χ1n) is 12.5. The average Bonchev–Trinajstić information content (AvgIpc) is 3.25. The predicted octanol–water partition coefficient (Wildman–Crippen LogP) is 5.96. The molecule has 1 aliphatic heterocycles. The number of amides is 1. The molecular formula is C29H30ClN3O4. The molecule has 2 heterocycles. The Kier molecular flexibility index (Phi) is 7.94. The van der Waals surface area contributed by atoms with Gasteiger partial charge in [-0.15, -0.1) is 0 Å². The van der Waals surface area contributed by atoms with Gasteiger partial charge in [-0.1, -0.05) is 41.9 Å². The zero-order chi connectivity index (χ0) is 25.6. The number of fused-ring (bicyclic) bond motifs is 3. The normalized spacial score (nSPS) is 15.5. The Balaban J connectivity index is 1.41. The van der Waals surface area contributed by atoms with Crippen LogP contribution in [0.25, 0.3) is 10.9 Å². The molecule has 5 rings (SSSR count). The molecule has 1 amide bonds. The molecule has 0 radical (unpaired) electrons. The van der Waals surface area contributed by atoms with Gasteiger partial charge in [0.25, 0.3) is 0 Å². The number of aryl methyl sites for hydroxylation is 1. The number of ether oxygens (including phenoxy) is 3. The molecule has 1 aliphatic rings. The van der Waals surface area contributed by atoms with Gasteiger partial charge >= 0.3 is 0 Å². The summed E-state index contributed by atoms with van der Waals surface area (Å²) < 4.78 is 20.2. The summed E-state index contributed by atoms with van der Waals surface area (Å²) >= 11 is 6.27. The predicted molar refractivity (Wildman–Crippen MR) is 146 cm³/mol. The van der Waals surface area contributed by atoms with Gasteiger partial charge in [0.1, 0.15) is 6.61 Å². The van der Waals surface area contributed by atoms with Gasteiger partial charge in [0.15, 0.2) is 17.2 Å². The first-order chi connectivity index (χ1) is 18.1. The highest BCUT2D eigenvalue weighted by molar-refractivity contribution is 6.31. The molecular weight excluding hydrogens is 490 g/mol. The third kappa shape index (κ3) is 6.07. The van der Waals surface area contributed by atoms with Crippen LogP contribution in [0.4, 0.5) is 5.69 Å². The topological polar surface area (TPSA) is 65.0 Å². The molecule has 3 aromatic carbocycles. The van der Waals surface area contributed by atoms with Crippen molar-refractivity contribution in [3.8, 4) is 17.2 Å². The maximum Gasteiger partial charge on any atom is 0.238 e. The van der Waals surface area contributed by atoms with E-state index < -0.39 is 0 Å². The number of nitrogens with zero attached hydrogens (tertiary/aromatic N) is 2. The van der Waals surface area contributed by atoms with Crippen molar-refractivity contribution in [1.29, 1.82) is 0 Å². The van der Waals surface area contributed by atoms with Crippen LogP contribution in [0.15, 0.2) is 72.9 Å². The fourth-order valence-corrected chi connectivity index (χ4v) is 4.70. The van der Waals surface area contributed by atoms with Crippen LogP contribution in [-0.2, 0) is 22.6 Å². The van der Waals surface area contributed by atoms with Crippen molar-refractivity contribution < 1.29 is 19.0 Å². The number of benzene rings is 3. The maximum absolute atomic E-state index is 13.2. The molecule has 0 unspecified atom stereocenters. The molecule has 0 fully saturated rings. The zero-order valence-corrected chi connectivity index (χ0v) is 21.5. The lowest BCUT2D eigenvalue weighted by Crippen LogP contribution is -2.35. The molecule has 0 saturated heterocycles. The van der Waals surface area contributed by atoms with Gasteiger partial charge in [-0.05, 0) is 48.9 Å². The number of carbonyl (C=O) groups is 1. The minimum Gasteiger partial charge on any atom is -0.487 e. The first kappa shape index (κ1) is 25.1. The molecule has 8 heteroatoms. The molecule has 0 aliphatic carbocycles. The van der Waals surface area contributed by atoms with Crippen LogP contribution in [0, 0.1) is 0 Å². The minimum atomic E-state index is -0.161. The number of aromatic nitrogens is 1. The molecule has 1 aromatic heterocycles. The van der Waals surface area contributed by atoms with Gasteiger partial charge in [0.2, 0.25) is 5.91 Å². The van der Waals surface area contributed by atoms with Crippen molar-refractivity contribution in [3.63, 3.8) is 0 Å². The van der Waals surface area contributed by atoms with Crippen molar-refractivity contribution in [3.05, 3.63) is 83.5 Å². The Morgan fingerprint density at radius 2 is 1.76 bits per heavy atom. The number of carbonyl (C=O) groups excluding carboxylic acids is 1. The van der Waals surface area contributed by atoms with Crippen molar-refractivity contribution in [1.82, 2.24) is 9.47 Å². The van der Waals surface area contributed by atoms with E-state index >= 15 is 0 Å². The van der Waals surface area contributed by atoms with Gasteiger partial charge in [0, 0.05) is 41.8 Å². The van der Waals surface area contributed by atoms with Gasteiger partial charge in [-0.2, -0.15) is 0 Å². The number of para-hydroxylation sites is 3. The third-order valence-corrected chi connectivity index (χ3v) is 6.53. The zero-order valence-electron chi connectivity index (χ0n) is 20.8. The Labute approximate surface area is 221 Å². The van der Waals surface area contributed by atoms with E-state index in [9.17, 15) is 4.79 Å². The Morgan fingerprint density at radius 3 is 2.62 bits per heavy atom. The number of rotatable bonds is 3. The SMILES string of the molecule is CCn1cc(CN2CCOCCOc3ccccc3Oc3ccc(Cl)cc3NC(=O)C2)c2ccccc21. The van der Waals surface area contributed by atoms with E-state index in [4.69, 9.17) is 25.8 Å². The van der Waals surface area contributed by atoms with E-state index in [2.05, 4.69) is 46.1 Å². The monoisotopic (exact) mass is 519 g/mol. The second-order valence-electron chi connectivity index (χ2n) is 8.87. The largest absolute Gasteiger partial charge is 0.487 e. The molecule has 1 N–H and O–H groups in total. The van der Waals surface area contributed by atoms with Crippen LogP contribution < -0.4 is 14.8 Å². The molecule has 4 aromatic rings. The standard InChI is InChI=1S/C29H30ClN3O4/c1-2-33-19-21(23-7-3-4-8-25(23)33)18-32-13-14-35-15-16-36-27-9-5-6-10-28(27)37-26-12-11-22(30)17-24(26)31-29(34)20-32/h3-12,17,19H,2,13-16,18,20H2,1H3,(H,31,34). The summed E-state index contributed by atoms with van der Waals surface area (Å²) in [4.78, 5) is 15.3. The van der Waals surface area contributed by atoms with Crippen LogP contribution in [0.3, 0.4) is 0 Å². The number of nitrogens with one attached hydrogen (secondary N) is 1. The van der Waals surface area contributed by atoms with Crippen LogP contribution >= 0.6 is 11.6 Å². The lowest BCUT2D eigenvalue weighted by Gasteiger charge is -2.22. The average molecular weight is 520 g/mol. The van der Waals surface area contributed by atoms with Crippen molar-refractivity contribution in [2.24, 2.45) is 0 Å². The fourth-order valence-electron chi connectivity index (χ4n) is 4.53. The van der Waals surface area contributed by atoms with Gasteiger partial charge in [-0.3, -0.25) is 9.69 Å². The number of hydrogen-bond acceptors (Lipinski definition) is 5. The fraction of sp³-hybridized carbons (Fsp3) is 0.276. The summed E-state index contributed by atoms with van der Waals surface area (Å²) in [5.74, 6) is 1.47. The summed E-state index contributed by atoms with van der Waals surface area (Å²) in [7, 11) is 0. The van der Waals surface area contributed by atoms with E-state index in [1.165, 1.54) is 16.5 Å². The molecule has 192 valence electrons. The quantitative estimate of drug-likeness (QED) is 0.362. The summed E-state index contributed by atoms with van der Waals surface area (Å²) in [6.45, 7) is 5.69. The molecule has 0 bridgehead atoms. The smallest absolute Gasteiger partial charge is 0.238 e. The van der Waals surface area contributed by atoms with E-state index in [-0.39, 0.29) is 12.5 Å². The number of halogens is 1. The van der Waals surface area contributed by atoms with Crippen LogP contribution in [0.1, 0.15) is 12.5 Å². The van der Waals surface area contributed by atoms with Gasteiger partial charge < -0.3 is 24.1 Å². The highest BCUT2D eigenvalue weighted by Gasteiger charge is 2.18. The van der Waals surface area contributed by atoms with E-state index in [0.717, 1.165) is 6.54 Å². The first-order valence-corrected chi connectivity index (χ1v) is 12.8. The summed E-state index contributed by atoms with van der Waals surface area (Å²) in [5, 5.41) is 4.69. The molecule has 0 atom stereocenters. The Bertz CT molecular complexity index is 1390. The molecule has 0 saturated carbocycles. The third-order valence-electron chi connectivity index (χ3n) is 6.29. The van der Waals surface area contributed by atoms with E-state index in [0.29, 0.717) is 60.9 Å². The lowest BCUT2D eigenvalue weighted by atomic mass is 10.1. The Morgan fingerprint density at radius 1 is 0.946 bits per heavy atom. The lowest BCUT2D eigenvalue weighted by molar-refractivity contribution is -0.117. The highest BCUT2D eigenvalue weighted by Crippen LogP contribution is 2.36. The molecule has 37 heavy (non-hydrogen) atoms. The molecule has 0 spiro atoms. The summed E-state index contributed by atoms with van der Waals surface area (Å²) in [6.07, 6.45) is 2.17. The van der Waals surface area contributed by atoms with E-state index in [1.807, 2.05) is 30.3 Å². The van der Waals surface area contributed by atoms with Crippen LogP contribution in [-0.4, -0.2) is 48.3 Å². The van der Waals surface area contributed by atoms with Crippen LogP contribution in [0.2, 0.25) is 5.02 Å². The summed E-state index contributed by atoms with van der Waals surface area (Å²) in [6, 6.07) is 20.9. The highest BCUT2D eigenvalue weighted by atomic mass is 35.5. The van der Waals surface area contributed by atoms with Crippen LogP contribution in [0.5, 0.6) is 17.2 Å². The maximum atomic E-state index is 13.2. The summed E-state index contributed by atoms with van der Waals surface area (Å²) in [5.41, 5.74) is 2.87. The van der Waals surface area contributed by atoms with Crippen molar-refractivity contribution in [2.75, 3.05) is 38.2 Å².